The second kappa shape index (κ2) is 6.68. The number of likely N-dealkylation sites (N-methyl/N-ethyl adjacent to an activating group) is 1. The standard InChI is InChI=1S/C13H18N2O2/c1-3-9-14-12(16)10-15(2)13(17)11-7-5-4-6-8-11/h4-8H,3,9-10H2,1-2H3,(H,14,16). The smallest absolute Gasteiger partial charge is 0.254 e. The summed E-state index contributed by atoms with van der Waals surface area (Å²) in [6.07, 6.45) is 0.891. The molecule has 1 aromatic carbocycles. The molecule has 0 unspecified atom stereocenters. The zero-order chi connectivity index (χ0) is 12.7. The Labute approximate surface area is 102 Å². The molecule has 17 heavy (non-hydrogen) atoms. The van der Waals surface area contributed by atoms with Gasteiger partial charge in [-0.1, -0.05) is 25.1 Å². The zero-order valence-corrected chi connectivity index (χ0v) is 10.3. The van der Waals surface area contributed by atoms with Crippen LogP contribution in [0, 0.1) is 0 Å². The molecule has 0 aliphatic heterocycles. The van der Waals surface area contributed by atoms with E-state index in [1.807, 2.05) is 13.0 Å². The molecule has 0 saturated heterocycles. The van der Waals surface area contributed by atoms with Crippen molar-refractivity contribution >= 4 is 11.8 Å². The van der Waals surface area contributed by atoms with Gasteiger partial charge in [-0.15, -0.1) is 0 Å². The van der Waals surface area contributed by atoms with Gasteiger partial charge in [-0.3, -0.25) is 9.59 Å². The first-order valence-corrected chi connectivity index (χ1v) is 5.72. The quantitative estimate of drug-likeness (QED) is 0.834. The van der Waals surface area contributed by atoms with E-state index in [-0.39, 0.29) is 18.4 Å². The molecule has 0 radical (unpaired) electrons. The molecule has 4 heteroatoms. The summed E-state index contributed by atoms with van der Waals surface area (Å²) < 4.78 is 0. The number of amides is 2. The lowest BCUT2D eigenvalue weighted by molar-refractivity contribution is -0.121. The maximum atomic E-state index is 11.9. The van der Waals surface area contributed by atoms with E-state index >= 15 is 0 Å². The highest BCUT2D eigenvalue weighted by Crippen LogP contribution is 2.02. The summed E-state index contributed by atoms with van der Waals surface area (Å²) in [6, 6.07) is 8.94. The van der Waals surface area contributed by atoms with Crippen LogP contribution in [0.3, 0.4) is 0 Å². The highest BCUT2D eigenvalue weighted by atomic mass is 16.2. The topological polar surface area (TPSA) is 49.4 Å². The maximum absolute atomic E-state index is 11.9. The van der Waals surface area contributed by atoms with Crippen molar-refractivity contribution < 1.29 is 9.59 Å². The molecule has 1 rings (SSSR count). The first-order chi connectivity index (χ1) is 8.15. The van der Waals surface area contributed by atoms with Crippen LogP contribution in [-0.4, -0.2) is 36.9 Å². The fourth-order valence-electron chi connectivity index (χ4n) is 1.41. The molecule has 0 saturated carbocycles. The van der Waals surface area contributed by atoms with Crippen LogP contribution in [0.25, 0.3) is 0 Å². The van der Waals surface area contributed by atoms with E-state index in [9.17, 15) is 9.59 Å². The van der Waals surface area contributed by atoms with Gasteiger partial charge >= 0.3 is 0 Å². The molecule has 4 nitrogen and oxygen atoms in total. The summed E-state index contributed by atoms with van der Waals surface area (Å²) in [6.45, 7) is 2.72. The van der Waals surface area contributed by atoms with Crippen molar-refractivity contribution in [2.75, 3.05) is 20.1 Å². The van der Waals surface area contributed by atoms with Gasteiger partial charge < -0.3 is 10.2 Å². The van der Waals surface area contributed by atoms with Crippen molar-refractivity contribution in [1.29, 1.82) is 0 Å². The lowest BCUT2D eigenvalue weighted by Gasteiger charge is -2.16. The van der Waals surface area contributed by atoms with E-state index in [1.54, 1.807) is 31.3 Å². The molecule has 0 atom stereocenters. The Morgan fingerprint density at radius 2 is 1.88 bits per heavy atom. The van der Waals surface area contributed by atoms with Gasteiger partial charge in [-0.05, 0) is 18.6 Å². The average Bonchev–Trinajstić information content (AvgIpc) is 2.36. The second-order valence-electron chi connectivity index (χ2n) is 3.88. The van der Waals surface area contributed by atoms with Crippen LogP contribution in [0.1, 0.15) is 23.7 Å². The summed E-state index contributed by atoms with van der Waals surface area (Å²) in [5.41, 5.74) is 0.596. The van der Waals surface area contributed by atoms with Crippen LogP contribution >= 0.6 is 0 Å². The van der Waals surface area contributed by atoms with E-state index in [0.717, 1.165) is 6.42 Å². The van der Waals surface area contributed by atoms with Crippen molar-refractivity contribution in [3.8, 4) is 0 Å². The molecule has 0 heterocycles. The van der Waals surface area contributed by atoms with Crippen molar-refractivity contribution in [3.05, 3.63) is 35.9 Å². The largest absolute Gasteiger partial charge is 0.355 e. The second-order valence-corrected chi connectivity index (χ2v) is 3.88. The normalized spacial score (nSPS) is 9.76. The zero-order valence-electron chi connectivity index (χ0n) is 10.3. The Balaban J connectivity index is 2.50. The van der Waals surface area contributed by atoms with Crippen molar-refractivity contribution in [2.45, 2.75) is 13.3 Å². The number of benzene rings is 1. The minimum Gasteiger partial charge on any atom is -0.355 e. The molecule has 2 amide bonds. The van der Waals surface area contributed by atoms with Crippen molar-refractivity contribution in [1.82, 2.24) is 10.2 Å². The van der Waals surface area contributed by atoms with Gasteiger partial charge in [0.25, 0.3) is 5.91 Å². The number of hydrogen-bond acceptors (Lipinski definition) is 2. The maximum Gasteiger partial charge on any atom is 0.254 e. The van der Waals surface area contributed by atoms with Crippen LogP contribution in [0.4, 0.5) is 0 Å². The monoisotopic (exact) mass is 234 g/mol. The molecule has 0 aliphatic rings. The number of carbonyl (C=O) groups is 2. The Morgan fingerprint density at radius 1 is 1.24 bits per heavy atom. The predicted octanol–water partition coefficient (Wildman–Crippen LogP) is 1.28. The summed E-state index contributed by atoms with van der Waals surface area (Å²) in [5.74, 6) is -0.268. The van der Waals surface area contributed by atoms with Gasteiger partial charge in [0, 0.05) is 19.2 Å². The molecule has 92 valence electrons. The minimum atomic E-state index is -0.141. The van der Waals surface area contributed by atoms with Gasteiger partial charge in [0.15, 0.2) is 0 Å². The Bertz CT molecular complexity index is 376. The fourth-order valence-corrected chi connectivity index (χ4v) is 1.41. The number of hydrogen-bond donors (Lipinski definition) is 1. The van der Waals surface area contributed by atoms with Crippen LogP contribution in [0.2, 0.25) is 0 Å². The summed E-state index contributed by atoms with van der Waals surface area (Å²) in [4.78, 5) is 24.8. The van der Waals surface area contributed by atoms with Gasteiger partial charge in [0.05, 0.1) is 6.54 Å². The summed E-state index contributed by atoms with van der Waals surface area (Å²) >= 11 is 0. The molecular weight excluding hydrogens is 216 g/mol. The lowest BCUT2D eigenvalue weighted by Crippen LogP contribution is -2.38. The van der Waals surface area contributed by atoms with Gasteiger partial charge in [-0.2, -0.15) is 0 Å². The highest BCUT2D eigenvalue weighted by molar-refractivity contribution is 5.96. The van der Waals surface area contributed by atoms with Gasteiger partial charge in [-0.25, -0.2) is 0 Å². The van der Waals surface area contributed by atoms with Crippen LogP contribution in [0.15, 0.2) is 30.3 Å². The summed E-state index contributed by atoms with van der Waals surface area (Å²) in [5, 5.41) is 2.74. The molecular formula is C13H18N2O2. The van der Waals surface area contributed by atoms with E-state index < -0.39 is 0 Å². The lowest BCUT2D eigenvalue weighted by atomic mass is 10.2. The molecule has 0 aromatic heterocycles. The van der Waals surface area contributed by atoms with E-state index in [0.29, 0.717) is 12.1 Å². The molecule has 0 bridgehead atoms. The average molecular weight is 234 g/mol. The number of nitrogens with one attached hydrogen (secondary N) is 1. The Hall–Kier alpha value is -1.84. The van der Waals surface area contributed by atoms with E-state index in [2.05, 4.69) is 5.32 Å². The number of nitrogens with zero attached hydrogens (tertiary/aromatic N) is 1. The van der Waals surface area contributed by atoms with Crippen LogP contribution in [-0.2, 0) is 4.79 Å². The van der Waals surface area contributed by atoms with Crippen LogP contribution in [0.5, 0.6) is 0 Å². The first kappa shape index (κ1) is 13.2. The Morgan fingerprint density at radius 3 is 2.47 bits per heavy atom. The van der Waals surface area contributed by atoms with E-state index in [4.69, 9.17) is 0 Å². The Kier molecular flexibility index (Phi) is 5.20. The van der Waals surface area contributed by atoms with Crippen molar-refractivity contribution in [3.63, 3.8) is 0 Å². The fraction of sp³-hybridized carbons (Fsp3) is 0.385. The third-order valence-electron chi connectivity index (χ3n) is 2.32. The number of carbonyl (C=O) groups excluding carboxylic acids is 2. The van der Waals surface area contributed by atoms with E-state index in [1.165, 1.54) is 4.90 Å². The number of rotatable bonds is 5. The molecule has 1 aromatic rings. The SMILES string of the molecule is CCCNC(=O)CN(C)C(=O)c1ccccc1. The van der Waals surface area contributed by atoms with Gasteiger partial charge in [0.1, 0.15) is 0 Å². The predicted molar refractivity (Wildman–Crippen MR) is 66.7 cm³/mol. The summed E-state index contributed by atoms with van der Waals surface area (Å²) in [7, 11) is 1.63. The highest BCUT2D eigenvalue weighted by Gasteiger charge is 2.13. The molecule has 0 fully saturated rings. The van der Waals surface area contributed by atoms with Gasteiger partial charge in [0.2, 0.25) is 5.91 Å². The minimum absolute atomic E-state index is 0.0910. The van der Waals surface area contributed by atoms with Crippen LogP contribution < -0.4 is 5.32 Å². The molecule has 0 aliphatic carbocycles. The van der Waals surface area contributed by atoms with Crippen molar-refractivity contribution in [2.24, 2.45) is 0 Å². The first-order valence-electron chi connectivity index (χ1n) is 5.72. The molecule has 1 N–H and O–H groups in total. The molecule has 0 spiro atoms. The third kappa shape index (κ3) is 4.26. The third-order valence-corrected chi connectivity index (χ3v) is 2.32.